The highest BCUT2D eigenvalue weighted by atomic mass is 19.1. The molecule has 0 aliphatic rings. The first-order valence-electron chi connectivity index (χ1n) is 7.98. The standard InChI is InChI=1S/C19H16FN3O4/c1-26-18-6-4-3-5-14(18)16-9-13(21-11-22-16)7-12-8-17(23(24)25)19(27-2)10-15(12)20/h3-6,8-11H,7H2,1-2H3. The average molecular weight is 369 g/mol. The summed E-state index contributed by atoms with van der Waals surface area (Å²) in [4.78, 5) is 19.0. The lowest BCUT2D eigenvalue weighted by Gasteiger charge is -2.09. The van der Waals surface area contributed by atoms with Crippen LogP contribution in [0.5, 0.6) is 11.5 Å². The molecule has 1 aromatic heterocycles. The van der Waals surface area contributed by atoms with E-state index in [2.05, 4.69) is 9.97 Å². The maximum absolute atomic E-state index is 14.3. The second kappa shape index (κ2) is 7.77. The van der Waals surface area contributed by atoms with Gasteiger partial charge in [0.2, 0.25) is 0 Å². The quantitative estimate of drug-likeness (QED) is 0.485. The second-order valence-corrected chi connectivity index (χ2v) is 5.64. The third-order valence-electron chi connectivity index (χ3n) is 4.02. The minimum atomic E-state index is -0.609. The Hall–Kier alpha value is -3.55. The topological polar surface area (TPSA) is 87.4 Å². The van der Waals surface area contributed by atoms with Crippen LogP contribution in [0.1, 0.15) is 11.3 Å². The van der Waals surface area contributed by atoms with E-state index in [1.807, 2.05) is 24.3 Å². The zero-order valence-electron chi connectivity index (χ0n) is 14.7. The van der Waals surface area contributed by atoms with Crippen molar-refractivity contribution in [3.05, 3.63) is 76.0 Å². The van der Waals surface area contributed by atoms with Crippen LogP contribution in [0.4, 0.5) is 10.1 Å². The molecule has 2 aromatic carbocycles. The van der Waals surface area contributed by atoms with Crippen LogP contribution in [0.3, 0.4) is 0 Å². The van der Waals surface area contributed by atoms with Crippen molar-refractivity contribution >= 4 is 5.69 Å². The smallest absolute Gasteiger partial charge is 0.311 e. The van der Waals surface area contributed by atoms with Crippen molar-refractivity contribution in [1.29, 1.82) is 0 Å². The summed E-state index contributed by atoms with van der Waals surface area (Å²) in [6.07, 6.45) is 1.44. The largest absolute Gasteiger partial charge is 0.496 e. The highest BCUT2D eigenvalue weighted by Crippen LogP contribution is 2.32. The zero-order chi connectivity index (χ0) is 19.4. The predicted molar refractivity (Wildman–Crippen MR) is 96.4 cm³/mol. The Labute approximate surface area is 154 Å². The Morgan fingerprint density at radius 1 is 1.07 bits per heavy atom. The predicted octanol–water partition coefficient (Wildman–Crippen LogP) is 3.80. The third-order valence-corrected chi connectivity index (χ3v) is 4.02. The van der Waals surface area contributed by atoms with Crippen molar-refractivity contribution in [3.63, 3.8) is 0 Å². The molecule has 0 fully saturated rings. The second-order valence-electron chi connectivity index (χ2n) is 5.64. The van der Waals surface area contributed by atoms with E-state index in [0.29, 0.717) is 17.1 Å². The number of aromatic nitrogens is 2. The summed E-state index contributed by atoms with van der Waals surface area (Å²) in [7, 11) is 2.82. The minimum Gasteiger partial charge on any atom is -0.496 e. The fourth-order valence-electron chi connectivity index (χ4n) is 2.72. The van der Waals surface area contributed by atoms with Crippen LogP contribution in [0.2, 0.25) is 0 Å². The normalized spacial score (nSPS) is 10.5. The van der Waals surface area contributed by atoms with Crippen molar-refractivity contribution in [3.8, 4) is 22.8 Å². The van der Waals surface area contributed by atoms with Crippen LogP contribution in [0.15, 0.2) is 48.8 Å². The summed E-state index contributed by atoms with van der Waals surface area (Å²) in [6, 6.07) is 11.2. The monoisotopic (exact) mass is 369 g/mol. The van der Waals surface area contributed by atoms with E-state index in [4.69, 9.17) is 9.47 Å². The Kier molecular flexibility index (Phi) is 5.25. The van der Waals surface area contributed by atoms with E-state index in [-0.39, 0.29) is 23.4 Å². The number of methoxy groups -OCH3 is 2. The fraction of sp³-hybridized carbons (Fsp3) is 0.158. The minimum absolute atomic E-state index is 0.0708. The summed E-state index contributed by atoms with van der Waals surface area (Å²) >= 11 is 0. The molecule has 0 atom stereocenters. The number of nitro groups is 1. The molecular formula is C19H16FN3O4. The lowest BCUT2D eigenvalue weighted by Crippen LogP contribution is -2.01. The molecule has 27 heavy (non-hydrogen) atoms. The molecule has 0 bridgehead atoms. The van der Waals surface area contributed by atoms with Crippen molar-refractivity contribution in [2.45, 2.75) is 6.42 Å². The molecule has 138 valence electrons. The van der Waals surface area contributed by atoms with Crippen LogP contribution in [0, 0.1) is 15.9 Å². The summed E-state index contributed by atoms with van der Waals surface area (Å²) < 4.78 is 24.6. The maximum Gasteiger partial charge on any atom is 0.311 e. The molecule has 3 rings (SSSR count). The van der Waals surface area contributed by atoms with Gasteiger partial charge >= 0.3 is 5.69 Å². The van der Waals surface area contributed by atoms with Gasteiger partial charge in [-0.05, 0) is 18.2 Å². The molecule has 8 heteroatoms. The van der Waals surface area contributed by atoms with Crippen LogP contribution in [0.25, 0.3) is 11.3 Å². The lowest BCUT2D eigenvalue weighted by atomic mass is 10.0. The van der Waals surface area contributed by atoms with Crippen LogP contribution < -0.4 is 9.47 Å². The lowest BCUT2D eigenvalue weighted by molar-refractivity contribution is -0.385. The van der Waals surface area contributed by atoms with Gasteiger partial charge in [-0.1, -0.05) is 12.1 Å². The maximum atomic E-state index is 14.3. The molecule has 0 unspecified atom stereocenters. The molecule has 3 aromatic rings. The Morgan fingerprint density at radius 3 is 2.52 bits per heavy atom. The molecule has 0 aliphatic carbocycles. The molecule has 0 spiro atoms. The van der Waals surface area contributed by atoms with Crippen molar-refractivity contribution < 1.29 is 18.8 Å². The Balaban J connectivity index is 1.98. The number of nitro benzene ring substituents is 1. The number of ether oxygens (including phenoxy) is 2. The number of rotatable bonds is 6. The van der Waals surface area contributed by atoms with Gasteiger partial charge in [0.1, 0.15) is 17.9 Å². The average Bonchev–Trinajstić information content (AvgIpc) is 2.69. The Bertz CT molecular complexity index is 994. The van der Waals surface area contributed by atoms with Crippen LogP contribution in [-0.4, -0.2) is 29.1 Å². The number of hydrogen-bond acceptors (Lipinski definition) is 6. The van der Waals surface area contributed by atoms with E-state index < -0.39 is 10.7 Å². The summed E-state index contributed by atoms with van der Waals surface area (Å²) in [6.45, 7) is 0. The van der Waals surface area contributed by atoms with Gasteiger partial charge in [-0.15, -0.1) is 0 Å². The van der Waals surface area contributed by atoms with Gasteiger partial charge in [-0.2, -0.15) is 0 Å². The van der Waals surface area contributed by atoms with Crippen LogP contribution in [-0.2, 0) is 6.42 Å². The highest BCUT2D eigenvalue weighted by molar-refractivity contribution is 5.67. The number of halogens is 1. The molecule has 0 aliphatic heterocycles. The third kappa shape index (κ3) is 3.84. The van der Waals surface area contributed by atoms with E-state index in [0.717, 1.165) is 11.6 Å². The van der Waals surface area contributed by atoms with E-state index in [9.17, 15) is 14.5 Å². The Morgan fingerprint density at radius 2 is 1.81 bits per heavy atom. The number of benzene rings is 2. The first kappa shape index (κ1) is 18.2. The molecule has 0 radical (unpaired) electrons. The number of hydrogen-bond donors (Lipinski definition) is 0. The first-order chi connectivity index (χ1) is 13.0. The molecule has 0 saturated heterocycles. The summed E-state index contributed by atoms with van der Waals surface area (Å²) in [5.41, 5.74) is 1.75. The molecule has 0 amide bonds. The first-order valence-corrected chi connectivity index (χ1v) is 7.98. The van der Waals surface area contributed by atoms with Gasteiger partial charge in [0.05, 0.1) is 24.8 Å². The zero-order valence-corrected chi connectivity index (χ0v) is 14.7. The molecule has 0 N–H and O–H groups in total. The van der Waals surface area contributed by atoms with E-state index >= 15 is 0 Å². The van der Waals surface area contributed by atoms with Crippen molar-refractivity contribution in [2.24, 2.45) is 0 Å². The molecular weight excluding hydrogens is 353 g/mol. The van der Waals surface area contributed by atoms with Gasteiger partial charge in [0.15, 0.2) is 5.75 Å². The molecule has 7 nitrogen and oxygen atoms in total. The van der Waals surface area contributed by atoms with Gasteiger partial charge in [-0.3, -0.25) is 10.1 Å². The summed E-state index contributed by atoms with van der Waals surface area (Å²) in [5, 5.41) is 11.2. The van der Waals surface area contributed by atoms with Gasteiger partial charge in [-0.25, -0.2) is 14.4 Å². The highest BCUT2D eigenvalue weighted by Gasteiger charge is 2.20. The van der Waals surface area contributed by atoms with Gasteiger partial charge < -0.3 is 9.47 Å². The summed E-state index contributed by atoms with van der Waals surface area (Å²) in [5.74, 6) is -0.0815. The molecule has 0 saturated carbocycles. The number of para-hydroxylation sites is 1. The molecule has 1 heterocycles. The fourth-order valence-corrected chi connectivity index (χ4v) is 2.72. The van der Waals surface area contributed by atoms with Crippen molar-refractivity contribution in [1.82, 2.24) is 9.97 Å². The van der Waals surface area contributed by atoms with Gasteiger partial charge in [0, 0.05) is 35.4 Å². The number of nitrogens with zero attached hydrogens (tertiary/aromatic N) is 3. The van der Waals surface area contributed by atoms with Crippen LogP contribution >= 0.6 is 0 Å². The van der Waals surface area contributed by atoms with Gasteiger partial charge in [0.25, 0.3) is 0 Å². The SMILES string of the molecule is COc1ccccc1-c1cc(Cc2cc([N+](=O)[O-])c(OC)cc2F)ncn1. The van der Waals surface area contributed by atoms with E-state index in [1.54, 1.807) is 13.2 Å². The van der Waals surface area contributed by atoms with Crippen molar-refractivity contribution in [2.75, 3.05) is 14.2 Å². The van der Waals surface area contributed by atoms with E-state index in [1.165, 1.54) is 19.5 Å².